The van der Waals surface area contributed by atoms with Gasteiger partial charge in [0.2, 0.25) is 0 Å². The first-order valence-electron chi connectivity index (χ1n) is 4.26. The molecule has 0 amide bonds. The molecule has 1 rings (SSSR count). The zero-order valence-corrected chi connectivity index (χ0v) is 10.2. The molecule has 0 aliphatic heterocycles. The number of carbonyl (C=O) groups is 1. The predicted octanol–water partition coefficient (Wildman–Crippen LogP) is 3.19. The summed E-state index contributed by atoms with van der Waals surface area (Å²) in [4.78, 5) is 11.6. The van der Waals surface area contributed by atoms with E-state index in [2.05, 4.69) is 22.9 Å². The van der Waals surface area contributed by atoms with Gasteiger partial charge in [-0.3, -0.25) is 4.79 Å². The third-order valence-corrected chi connectivity index (χ3v) is 2.91. The molecule has 14 heavy (non-hydrogen) atoms. The fraction of sp³-hybridized carbons (Fsp3) is 0.300. The SMILES string of the molecule is CCSc1cc(Br)cc(CC(=O)O)c1. The van der Waals surface area contributed by atoms with E-state index >= 15 is 0 Å². The molecule has 2 nitrogen and oxygen atoms in total. The number of halogens is 1. The molecule has 0 saturated heterocycles. The topological polar surface area (TPSA) is 37.3 Å². The molecule has 1 aromatic rings. The third-order valence-electron chi connectivity index (χ3n) is 1.60. The minimum atomic E-state index is -0.796. The Bertz CT molecular complexity index is 339. The molecule has 0 fully saturated rings. The van der Waals surface area contributed by atoms with Crippen LogP contribution in [0.25, 0.3) is 0 Å². The van der Waals surface area contributed by atoms with Crippen LogP contribution in [0.4, 0.5) is 0 Å². The van der Waals surface area contributed by atoms with Crippen LogP contribution in [0.1, 0.15) is 12.5 Å². The Morgan fingerprint density at radius 3 is 2.79 bits per heavy atom. The fourth-order valence-electron chi connectivity index (χ4n) is 1.15. The van der Waals surface area contributed by atoms with Crippen molar-refractivity contribution >= 4 is 33.7 Å². The summed E-state index contributed by atoms with van der Waals surface area (Å²) in [5.41, 5.74) is 0.836. The van der Waals surface area contributed by atoms with E-state index < -0.39 is 5.97 Å². The molecule has 1 aromatic carbocycles. The molecular weight excluding hydrogens is 264 g/mol. The van der Waals surface area contributed by atoms with Gasteiger partial charge in [0.15, 0.2) is 0 Å². The molecule has 0 radical (unpaired) electrons. The minimum absolute atomic E-state index is 0.0801. The van der Waals surface area contributed by atoms with Gasteiger partial charge in [0.1, 0.15) is 0 Å². The van der Waals surface area contributed by atoms with E-state index in [1.807, 2.05) is 18.2 Å². The maximum atomic E-state index is 10.5. The number of carboxylic acid groups (broad SMARTS) is 1. The van der Waals surface area contributed by atoms with Gasteiger partial charge in [0.25, 0.3) is 0 Å². The van der Waals surface area contributed by atoms with E-state index in [4.69, 9.17) is 5.11 Å². The lowest BCUT2D eigenvalue weighted by molar-refractivity contribution is -0.136. The summed E-state index contributed by atoms with van der Waals surface area (Å²) in [5.74, 6) is 0.193. The maximum absolute atomic E-state index is 10.5. The summed E-state index contributed by atoms with van der Waals surface area (Å²) in [7, 11) is 0. The predicted molar refractivity (Wildman–Crippen MR) is 61.9 cm³/mol. The standard InChI is InChI=1S/C10H11BrO2S/c1-2-14-9-4-7(5-10(12)13)3-8(11)6-9/h3-4,6H,2,5H2,1H3,(H,12,13). The molecule has 1 N–H and O–H groups in total. The number of carboxylic acids is 1. The Morgan fingerprint density at radius 2 is 2.21 bits per heavy atom. The maximum Gasteiger partial charge on any atom is 0.307 e. The van der Waals surface area contributed by atoms with Crippen molar-refractivity contribution < 1.29 is 9.90 Å². The van der Waals surface area contributed by atoms with Crippen molar-refractivity contribution in [3.05, 3.63) is 28.2 Å². The normalized spacial score (nSPS) is 10.1. The van der Waals surface area contributed by atoms with Crippen LogP contribution in [0.2, 0.25) is 0 Å². The number of hydrogen-bond donors (Lipinski definition) is 1. The molecule has 0 aliphatic rings. The average Bonchev–Trinajstić information content (AvgIpc) is 2.01. The smallest absolute Gasteiger partial charge is 0.307 e. The van der Waals surface area contributed by atoms with Crippen LogP contribution >= 0.6 is 27.7 Å². The van der Waals surface area contributed by atoms with Gasteiger partial charge < -0.3 is 5.11 Å². The monoisotopic (exact) mass is 274 g/mol. The Balaban J connectivity index is 2.88. The van der Waals surface area contributed by atoms with Crippen molar-refractivity contribution in [2.45, 2.75) is 18.2 Å². The lowest BCUT2D eigenvalue weighted by Crippen LogP contribution is -1.99. The highest BCUT2D eigenvalue weighted by Crippen LogP contribution is 2.24. The highest BCUT2D eigenvalue weighted by atomic mass is 79.9. The van der Waals surface area contributed by atoms with Crippen LogP contribution in [0, 0.1) is 0 Å². The summed E-state index contributed by atoms with van der Waals surface area (Å²) in [6.07, 6.45) is 0.0801. The highest BCUT2D eigenvalue weighted by Gasteiger charge is 2.03. The van der Waals surface area contributed by atoms with Crippen molar-refractivity contribution in [2.24, 2.45) is 0 Å². The van der Waals surface area contributed by atoms with Crippen molar-refractivity contribution in [1.82, 2.24) is 0 Å². The van der Waals surface area contributed by atoms with Crippen LogP contribution in [0.3, 0.4) is 0 Å². The van der Waals surface area contributed by atoms with E-state index in [1.165, 1.54) is 0 Å². The molecule has 0 atom stereocenters. The second-order valence-corrected chi connectivity index (χ2v) is 5.05. The highest BCUT2D eigenvalue weighted by molar-refractivity contribution is 9.10. The number of benzene rings is 1. The zero-order valence-electron chi connectivity index (χ0n) is 7.79. The second kappa shape index (κ2) is 5.41. The molecule has 0 bridgehead atoms. The van der Waals surface area contributed by atoms with Crippen LogP contribution < -0.4 is 0 Å². The van der Waals surface area contributed by atoms with E-state index in [-0.39, 0.29) is 6.42 Å². The molecule has 4 heteroatoms. The van der Waals surface area contributed by atoms with Gasteiger partial charge in [-0.05, 0) is 29.5 Å². The average molecular weight is 275 g/mol. The molecule has 76 valence electrons. The Kier molecular flexibility index (Phi) is 4.48. The fourth-order valence-corrected chi connectivity index (χ4v) is 2.62. The minimum Gasteiger partial charge on any atom is -0.481 e. The van der Waals surface area contributed by atoms with Gasteiger partial charge in [-0.2, -0.15) is 0 Å². The Hall–Kier alpha value is -0.480. The van der Waals surface area contributed by atoms with E-state index in [0.29, 0.717) is 0 Å². The van der Waals surface area contributed by atoms with Crippen LogP contribution in [0.15, 0.2) is 27.6 Å². The molecule has 0 saturated carbocycles. The lowest BCUT2D eigenvalue weighted by Gasteiger charge is -2.03. The van der Waals surface area contributed by atoms with E-state index in [9.17, 15) is 4.79 Å². The lowest BCUT2D eigenvalue weighted by atomic mass is 10.2. The number of aliphatic carboxylic acids is 1. The Labute approximate surface area is 95.8 Å². The van der Waals surface area contributed by atoms with E-state index in [0.717, 1.165) is 20.7 Å². The molecule has 0 aliphatic carbocycles. The summed E-state index contributed by atoms with van der Waals surface area (Å²) in [5, 5.41) is 8.66. The Morgan fingerprint density at radius 1 is 1.50 bits per heavy atom. The largest absolute Gasteiger partial charge is 0.481 e. The van der Waals surface area contributed by atoms with Crippen molar-refractivity contribution in [3.63, 3.8) is 0 Å². The molecule has 0 unspecified atom stereocenters. The van der Waals surface area contributed by atoms with Gasteiger partial charge in [-0.1, -0.05) is 22.9 Å². The van der Waals surface area contributed by atoms with Crippen molar-refractivity contribution in [2.75, 3.05) is 5.75 Å². The van der Waals surface area contributed by atoms with Crippen LogP contribution in [0.5, 0.6) is 0 Å². The quantitative estimate of drug-likeness (QED) is 0.857. The molecular formula is C10H11BrO2S. The molecule has 0 spiro atoms. The van der Waals surface area contributed by atoms with Crippen molar-refractivity contribution in [1.29, 1.82) is 0 Å². The van der Waals surface area contributed by atoms with Gasteiger partial charge in [-0.25, -0.2) is 0 Å². The number of rotatable bonds is 4. The molecule has 0 heterocycles. The first-order chi connectivity index (χ1) is 6.61. The van der Waals surface area contributed by atoms with E-state index in [1.54, 1.807) is 11.8 Å². The summed E-state index contributed by atoms with van der Waals surface area (Å²) < 4.78 is 0.937. The number of thioether (sulfide) groups is 1. The van der Waals surface area contributed by atoms with Gasteiger partial charge in [0, 0.05) is 9.37 Å². The summed E-state index contributed by atoms with van der Waals surface area (Å²) in [6.45, 7) is 2.07. The zero-order chi connectivity index (χ0) is 10.6. The van der Waals surface area contributed by atoms with Crippen LogP contribution in [-0.4, -0.2) is 16.8 Å². The van der Waals surface area contributed by atoms with Crippen LogP contribution in [-0.2, 0) is 11.2 Å². The van der Waals surface area contributed by atoms with Gasteiger partial charge >= 0.3 is 5.97 Å². The van der Waals surface area contributed by atoms with Gasteiger partial charge in [0.05, 0.1) is 6.42 Å². The van der Waals surface area contributed by atoms with Gasteiger partial charge in [-0.15, -0.1) is 11.8 Å². The second-order valence-electron chi connectivity index (χ2n) is 2.80. The van der Waals surface area contributed by atoms with Crippen molar-refractivity contribution in [3.8, 4) is 0 Å². The molecule has 0 aromatic heterocycles. The number of hydrogen-bond acceptors (Lipinski definition) is 2. The third kappa shape index (κ3) is 3.72. The summed E-state index contributed by atoms with van der Waals surface area (Å²) in [6, 6.07) is 5.76. The first kappa shape index (κ1) is 11.6. The summed E-state index contributed by atoms with van der Waals surface area (Å²) >= 11 is 5.07. The first-order valence-corrected chi connectivity index (χ1v) is 6.03.